The van der Waals surface area contributed by atoms with Crippen LogP contribution in [0.25, 0.3) is 0 Å². The minimum atomic E-state index is -3.31. The Balaban J connectivity index is 1.95. The molecule has 0 amide bonds. The van der Waals surface area contributed by atoms with Crippen LogP contribution in [0, 0.1) is 6.92 Å². The number of hydrogen-bond donors (Lipinski definition) is 2. The molecule has 1 aromatic rings. The van der Waals surface area contributed by atoms with Crippen LogP contribution in [0.2, 0.25) is 5.02 Å². The van der Waals surface area contributed by atoms with E-state index in [1.807, 2.05) is 6.92 Å². The van der Waals surface area contributed by atoms with Crippen molar-refractivity contribution in [1.29, 1.82) is 0 Å². The number of sulfonamides is 1. The molecule has 0 unspecified atom stereocenters. The van der Waals surface area contributed by atoms with Crippen LogP contribution >= 0.6 is 11.6 Å². The van der Waals surface area contributed by atoms with Crippen LogP contribution in [0.3, 0.4) is 0 Å². The Hall–Kier alpha value is -0.780. The van der Waals surface area contributed by atoms with Crippen molar-refractivity contribution in [1.82, 2.24) is 5.32 Å². The Morgan fingerprint density at radius 2 is 2.11 bits per heavy atom. The molecule has 1 aliphatic carbocycles. The normalized spacial score (nSPS) is 15.7. The van der Waals surface area contributed by atoms with Crippen molar-refractivity contribution in [2.24, 2.45) is 0 Å². The van der Waals surface area contributed by atoms with Crippen molar-refractivity contribution < 1.29 is 8.42 Å². The molecule has 0 aliphatic heterocycles. The predicted molar refractivity (Wildman–Crippen MR) is 74.6 cm³/mol. The SMILES string of the molecule is Cc1ccc(Cl)cc1NS(=O)(=O)CCNC1CC1. The molecule has 6 heteroatoms. The summed E-state index contributed by atoms with van der Waals surface area (Å²) in [4.78, 5) is 0. The quantitative estimate of drug-likeness (QED) is 0.843. The van der Waals surface area contributed by atoms with Crippen LogP contribution in [0.4, 0.5) is 5.69 Å². The molecule has 1 aliphatic rings. The highest BCUT2D eigenvalue weighted by Crippen LogP contribution is 2.21. The Kier molecular flexibility index (Phi) is 4.14. The zero-order valence-corrected chi connectivity index (χ0v) is 11.8. The van der Waals surface area contributed by atoms with E-state index in [1.54, 1.807) is 18.2 Å². The van der Waals surface area contributed by atoms with Gasteiger partial charge in [0.2, 0.25) is 10.0 Å². The molecule has 1 saturated carbocycles. The average molecular weight is 289 g/mol. The number of hydrogen-bond acceptors (Lipinski definition) is 3. The van der Waals surface area contributed by atoms with E-state index < -0.39 is 10.0 Å². The fourth-order valence-corrected chi connectivity index (χ4v) is 2.82. The summed E-state index contributed by atoms with van der Waals surface area (Å²) in [6, 6.07) is 5.68. The third kappa shape index (κ3) is 4.15. The van der Waals surface area contributed by atoms with E-state index in [1.165, 1.54) is 0 Å². The molecular formula is C12H17ClN2O2S. The van der Waals surface area contributed by atoms with Gasteiger partial charge in [0.25, 0.3) is 0 Å². The number of benzene rings is 1. The lowest BCUT2D eigenvalue weighted by atomic mass is 10.2. The average Bonchev–Trinajstić information content (AvgIpc) is 3.07. The highest BCUT2D eigenvalue weighted by Gasteiger charge is 2.21. The summed E-state index contributed by atoms with van der Waals surface area (Å²) in [7, 11) is -3.31. The highest BCUT2D eigenvalue weighted by molar-refractivity contribution is 7.92. The van der Waals surface area contributed by atoms with Gasteiger partial charge < -0.3 is 5.32 Å². The molecule has 0 saturated heterocycles. The van der Waals surface area contributed by atoms with E-state index in [9.17, 15) is 8.42 Å². The standard InChI is InChI=1S/C12H17ClN2O2S/c1-9-2-3-10(13)8-12(9)15-18(16,17)7-6-14-11-4-5-11/h2-3,8,11,14-15H,4-7H2,1H3. The summed E-state index contributed by atoms with van der Waals surface area (Å²) < 4.78 is 26.3. The van der Waals surface area contributed by atoms with Gasteiger partial charge in [0.15, 0.2) is 0 Å². The number of aryl methyl sites for hydroxylation is 1. The van der Waals surface area contributed by atoms with Crippen molar-refractivity contribution in [3.63, 3.8) is 0 Å². The second kappa shape index (κ2) is 5.47. The van der Waals surface area contributed by atoms with Gasteiger partial charge in [-0.25, -0.2) is 8.42 Å². The molecule has 2 rings (SSSR count). The van der Waals surface area contributed by atoms with Gasteiger partial charge in [-0.3, -0.25) is 4.72 Å². The van der Waals surface area contributed by atoms with Crippen molar-refractivity contribution >= 4 is 27.3 Å². The van der Waals surface area contributed by atoms with Gasteiger partial charge >= 0.3 is 0 Å². The topological polar surface area (TPSA) is 58.2 Å². The minimum absolute atomic E-state index is 0.0788. The van der Waals surface area contributed by atoms with E-state index in [-0.39, 0.29) is 5.75 Å². The zero-order chi connectivity index (χ0) is 13.2. The number of halogens is 1. The lowest BCUT2D eigenvalue weighted by molar-refractivity contribution is 0.595. The summed E-state index contributed by atoms with van der Waals surface area (Å²) in [6.07, 6.45) is 2.31. The fourth-order valence-electron chi connectivity index (χ4n) is 1.61. The van der Waals surface area contributed by atoms with Crippen LogP contribution in [-0.4, -0.2) is 26.8 Å². The van der Waals surface area contributed by atoms with Gasteiger partial charge in [0, 0.05) is 17.6 Å². The van der Waals surface area contributed by atoms with Gasteiger partial charge in [0.05, 0.1) is 11.4 Å². The molecule has 0 aromatic heterocycles. The van der Waals surface area contributed by atoms with Crippen LogP contribution in [0.5, 0.6) is 0 Å². The molecule has 0 heterocycles. The lowest BCUT2D eigenvalue weighted by Gasteiger charge is -2.11. The Bertz CT molecular complexity index is 527. The van der Waals surface area contributed by atoms with Gasteiger partial charge in [-0.15, -0.1) is 0 Å². The first kappa shape index (κ1) is 13.6. The first-order valence-electron chi connectivity index (χ1n) is 5.96. The fraction of sp³-hybridized carbons (Fsp3) is 0.500. The molecule has 4 nitrogen and oxygen atoms in total. The number of nitrogens with one attached hydrogen (secondary N) is 2. The third-order valence-corrected chi connectivity index (χ3v) is 4.35. The molecule has 0 bridgehead atoms. The van der Waals surface area contributed by atoms with Crippen LogP contribution < -0.4 is 10.0 Å². The molecule has 1 aromatic carbocycles. The number of rotatable bonds is 6. The Morgan fingerprint density at radius 1 is 1.39 bits per heavy atom. The smallest absolute Gasteiger partial charge is 0.233 e. The summed E-state index contributed by atoms with van der Waals surface area (Å²) in [5.41, 5.74) is 1.41. The lowest BCUT2D eigenvalue weighted by Crippen LogP contribution is -2.28. The minimum Gasteiger partial charge on any atom is -0.313 e. The van der Waals surface area contributed by atoms with Gasteiger partial charge in [0.1, 0.15) is 0 Å². The first-order valence-corrected chi connectivity index (χ1v) is 7.99. The van der Waals surface area contributed by atoms with E-state index >= 15 is 0 Å². The monoisotopic (exact) mass is 288 g/mol. The second-order valence-corrected chi connectivity index (χ2v) is 6.89. The van der Waals surface area contributed by atoms with Gasteiger partial charge in [-0.1, -0.05) is 17.7 Å². The first-order chi connectivity index (χ1) is 8.46. The maximum Gasteiger partial charge on any atom is 0.233 e. The van der Waals surface area contributed by atoms with Crippen LogP contribution in [0.1, 0.15) is 18.4 Å². The maximum absolute atomic E-state index is 11.9. The van der Waals surface area contributed by atoms with Crippen molar-refractivity contribution in [2.75, 3.05) is 17.0 Å². The Labute approximate surface area is 113 Å². The summed E-state index contributed by atoms with van der Waals surface area (Å²) in [5, 5.41) is 3.70. The predicted octanol–water partition coefficient (Wildman–Crippen LogP) is 2.14. The largest absolute Gasteiger partial charge is 0.313 e. The van der Waals surface area contributed by atoms with Crippen LogP contribution in [-0.2, 0) is 10.0 Å². The molecule has 2 N–H and O–H groups in total. The van der Waals surface area contributed by atoms with Crippen LogP contribution in [0.15, 0.2) is 18.2 Å². The van der Waals surface area contributed by atoms with Crippen molar-refractivity contribution in [3.8, 4) is 0 Å². The van der Waals surface area contributed by atoms with Gasteiger partial charge in [-0.05, 0) is 37.5 Å². The molecular weight excluding hydrogens is 272 g/mol. The van der Waals surface area contributed by atoms with E-state index in [0.717, 1.165) is 18.4 Å². The van der Waals surface area contributed by atoms with Gasteiger partial charge in [-0.2, -0.15) is 0 Å². The Morgan fingerprint density at radius 3 is 2.78 bits per heavy atom. The summed E-state index contributed by atoms with van der Waals surface area (Å²) >= 11 is 5.85. The molecule has 0 radical (unpaired) electrons. The molecule has 0 spiro atoms. The molecule has 100 valence electrons. The molecule has 18 heavy (non-hydrogen) atoms. The molecule has 1 fully saturated rings. The third-order valence-electron chi connectivity index (χ3n) is 2.85. The van der Waals surface area contributed by atoms with E-state index in [2.05, 4.69) is 10.0 Å². The molecule has 0 atom stereocenters. The van der Waals surface area contributed by atoms with Crippen molar-refractivity contribution in [3.05, 3.63) is 28.8 Å². The summed E-state index contributed by atoms with van der Waals surface area (Å²) in [6.45, 7) is 2.33. The maximum atomic E-state index is 11.9. The number of anilines is 1. The summed E-state index contributed by atoms with van der Waals surface area (Å²) in [5.74, 6) is 0.0788. The van der Waals surface area contributed by atoms with Crippen molar-refractivity contribution in [2.45, 2.75) is 25.8 Å². The highest BCUT2D eigenvalue weighted by atomic mass is 35.5. The van der Waals surface area contributed by atoms with E-state index in [0.29, 0.717) is 23.3 Å². The second-order valence-electron chi connectivity index (χ2n) is 4.61. The zero-order valence-electron chi connectivity index (χ0n) is 10.2. The van der Waals surface area contributed by atoms with E-state index in [4.69, 9.17) is 11.6 Å².